The zero-order valence-corrected chi connectivity index (χ0v) is 16.5. The number of H-pyrrole nitrogens is 1. The Balaban J connectivity index is 1.61. The summed E-state index contributed by atoms with van der Waals surface area (Å²) in [5.41, 5.74) is 6.14. The second-order valence-corrected chi connectivity index (χ2v) is 7.26. The Kier molecular flexibility index (Phi) is 4.72. The normalized spacial score (nSPS) is 13.4. The summed E-state index contributed by atoms with van der Waals surface area (Å²) in [6.45, 7) is 0.858. The number of nitrogens with one attached hydrogen (secondary N) is 1. The third-order valence-electron chi connectivity index (χ3n) is 4.95. The van der Waals surface area contributed by atoms with Gasteiger partial charge in [-0.05, 0) is 48.6 Å². The summed E-state index contributed by atoms with van der Waals surface area (Å²) in [6.07, 6.45) is 2.77. The Bertz CT molecular complexity index is 991. The standard InChI is InChI=1S/C21H21BrN2O2/c1-25-19-11-13(16(22)12-20(19)26-2)7-8-18-21-15(9-10-23-18)14-5-3-4-6-17(14)24-21/h3-6,11-12,24H,7-10H2,1-2H3. The molecule has 5 heteroatoms. The minimum Gasteiger partial charge on any atom is -0.493 e. The second kappa shape index (κ2) is 7.16. The number of methoxy groups -OCH3 is 2. The SMILES string of the molecule is COc1cc(Br)c(CCC2=NCCc3c2[nH]c2ccccc32)cc1OC. The number of fused-ring (bicyclic) bond motifs is 3. The number of benzene rings is 2. The molecule has 0 aliphatic carbocycles. The topological polar surface area (TPSA) is 46.6 Å². The number of rotatable bonds is 5. The fourth-order valence-corrected chi connectivity index (χ4v) is 4.15. The number of halogens is 1. The second-order valence-electron chi connectivity index (χ2n) is 6.40. The first-order valence-corrected chi connectivity index (χ1v) is 9.54. The zero-order chi connectivity index (χ0) is 18.1. The van der Waals surface area contributed by atoms with Gasteiger partial charge in [-0.1, -0.05) is 34.1 Å². The van der Waals surface area contributed by atoms with Crippen LogP contribution < -0.4 is 9.47 Å². The van der Waals surface area contributed by atoms with Crippen molar-refractivity contribution >= 4 is 32.5 Å². The van der Waals surface area contributed by atoms with Crippen molar-refractivity contribution in [2.24, 2.45) is 4.99 Å². The van der Waals surface area contributed by atoms with Crippen molar-refractivity contribution in [1.82, 2.24) is 4.98 Å². The van der Waals surface area contributed by atoms with Gasteiger partial charge in [-0.2, -0.15) is 0 Å². The van der Waals surface area contributed by atoms with Crippen LogP contribution in [0.5, 0.6) is 11.5 Å². The monoisotopic (exact) mass is 412 g/mol. The minimum absolute atomic E-state index is 0.732. The molecular weight excluding hydrogens is 392 g/mol. The first-order chi connectivity index (χ1) is 12.7. The molecule has 0 saturated heterocycles. The highest BCUT2D eigenvalue weighted by Crippen LogP contribution is 2.34. The molecule has 4 rings (SSSR count). The van der Waals surface area contributed by atoms with Gasteiger partial charge in [0.2, 0.25) is 0 Å². The molecule has 134 valence electrons. The summed E-state index contributed by atoms with van der Waals surface area (Å²) in [5, 5.41) is 1.32. The summed E-state index contributed by atoms with van der Waals surface area (Å²) in [5.74, 6) is 1.48. The van der Waals surface area contributed by atoms with Gasteiger partial charge in [0.15, 0.2) is 11.5 Å². The molecule has 2 aromatic carbocycles. The lowest BCUT2D eigenvalue weighted by atomic mass is 9.98. The largest absolute Gasteiger partial charge is 0.493 e. The van der Waals surface area contributed by atoms with Gasteiger partial charge in [-0.3, -0.25) is 4.99 Å². The van der Waals surface area contributed by atoms with Gasteiger partial charge in [0.25, 0.3) is 0 Å². The Morgan fingerprint density at radius 2 is 1.85 bits per heavy atom. The van der Waals surface area contributed by atoms with E-state index in [9.17, 15) is 0 Å². The molecular formula is C21H21BrN2O2. The fraction of sp³-hybridized carbons (Fsp3) is 0.286. The number of nitrogens with zero attached hydrogens (tertiary/aromatic N) is 1. The van der Waals surface area contributed by atoms with E-state index in [0.29, 0.717) is 0 Å². The lowest BCUT2D eigenvalue weighted by molar-refractivity contribution is 0.354. The number of ether oxygens (including phenoxy) is 2. The molecule has 1 aliphatic rings. The quantitative estimate of drug-likeness (QED) is 0.645. The van der Waals surface area contributed by atoms with E-state index < -0.39 is 0 Å². The Hall–Kier alpha value is -2.27. The summed E-state index contributed by atoms with van der Waals surface area (Å²) in [6, 6.07) is 12.5. The molecule has 0 spiro atoms. The van der Waals surface area contributed by atoms with Gasteiger partial charge in [0, 0.05) is 21.9 Å². The highest BCUT2D eigenvalue weighted by Gasteiger charge is 2.19. The highest BCUT2D eigenvalue weighted by molar-refractivity contribution is 9.10. The van der Waals surface area contributed by atoms with Crippen LogP contribution in [0.4, 0.5) is 0 Å². The van der Waals surface area contributed by atoms with Gasteiger partial charge < -0.3 is 14.5 Å². The number of aromatic nitrogens is 1. The van der Waals surface area contributed by atoms with Crippen LogP contribution in [0.15, 0.2) is 45.9 Å². The maximum Gasteiger partial charge on any atom is 0.161 e. The molecule has 1 N–H and O–H groups in total. The molecule has 0 atom stereocenters. The lowest BCUT2D eigenvalue weighted by Crippen LogP contribution is -2.13. The van der Waals surface area contributed by atoms with Crippen molar-refractivity contribution in [2.75, 3.05) is 20.8 Å². The van der Waals surface area contributed by atoms with Crippen molar-refractivity contribution in [2.45, 2.75) is 19.3 Å². The number of aliphatic imine (C=N–C) groups is 1. The first kappa shape index (κ1) is 17.2. The van der Waals surface area contributed by atoms with Crippen molar-refractivity contribution in [3.63, 3.8) is 0 Å². The molecule has 1 aromatic heterocycles. The summed E-state index contributed by atoms with van der Waals surface area (Å²) in [7, 11) is 3.32. The van der Waals surface area contributed by atoms with E-state index in [0.717, 1.165) is 47.5 Å². The highest BCUT2D eigenvalue weighted by atomic mass is 79.9. The van der Waals surface area contributed by atoms with Crippen molar-refractivity contribution in [3.8, 4) is 11.5 Å². The Morgan fingerprint density at radius 1 is 1.08 bits per heavy atom. The van der Waals surface area contributed by atoms with E-state index in [2.05, 4.69) is 45.2 Å². The summed E-state index contributed by atoms with van der Waals surface area (Å²) in [4.78, 5) is 8.37. The van der Waals surface area contributed by atoms with Crippen LogP contribution in [0.1, 0.15) is 23.2 Å². The average Bonchev–Trinajstić information content (AvgIpc) is 3.06. The first-order valence-electron chi connectivity index (χ1n) is 8.75. The Morgan fingerprint density at radius 3 is 2.65 bits per heavy atom. The molecule has 3 aromatic rings. The predicted molar refractivity (Wildman–Crippen MR) is 109 cm³/mol. The average molecular weight is 413 g/mol. The molecule has 26 heavy (non-hydrogen) atoms. The van der Waals surface area contributed by atoms with Crippen LogP contribution in [-0.2, 0) is 12.8 Å². The van der Waals surface area contributed by atoms with E-state index in [4.69, 9.17) is 14.5 Å². The van der Waals surface area contributed by atoms with Crippen LogP contribution in [0.3, 0.4) is 0 Å². The van der Waals surface area contributed by atoms with E-state index >= 15 is 0 Å². The maximum absolute atomic E-state index is 5.44. The Labute approximate surface area is 161 Å². The summed E-state index contributed by atoms with van der Waals surface area (Å²) >= 11 is 3.65. The molecule has 0 radical (unpaired) electrons. The number of aromatic amines is 1. The van der Waals surface area contributed by atoms with E-state index in [-0.39, 0.29) is 0 Å². The van der Waals surface area contributed by atoms with Crippen LogP contribution in [-0.4, -0.2) is 31.5 Å². The number of hydrogen-bond acceptors (Lipinski definition) is 3. The van der Waals surface area contributed by atoms with Crippen LogP contribution >= 0.6 is 15.9 Å². The third kappa shape index (κ3) is 3.01. The van der Waals surface area contributed by atoms with Gasteiger partial charge >= 0.3 is 0 Å². The minimum atomic E-state index is 0.732. The van der Waals surface area contributed by atoms with Crippen molar-refractivity contribution < 1.29 is 9.47 Å². The molecule has 0 unspecified atom stereocenters. The van der Waals surface area contributed by atoms with Gasteiger partial charge in [-0.25, -0.2) is 0 Å². The maximum atomic E-state index is 5.44. The molecule has 0 saturated carbocycles. The van der Waals surface area contributed by atoms with E-state index in [1.165, 1.54) is 27.7 Å². The van der Waals surface area contributed by atoms with Crippen LogP contribution in [0, 0.1) is 0 Å². The third-order valence-corrected chi connectivity index (χ3v) is 5.69. The van der Waals surface area contributed by atoms with Crippen LogP contribution in [0.25, 0.3) is 10.9 Å². The molecule has 0 fully saturated rings. The van der Waals surface area contributed by atoms with Gasteiger partial charge in [-0.15, -0.1) is 0 Å². The number of aryl methyl sites for hydroxylation is 1. The van der Waals surface area contributed by atoms with Crippen molar-refractivity contribution in [1.29, 1.82) is 0 Å². The van der Waals surface area contributed by atoms with Gasteiger partial charge in [0.1, 0.15) is 0 Å². The smallest absolute Gasteiger partial charge is 0.161 e. The number of para-hydroxylation sites is 1. The molecule has 0 bridgehead atoms. The van der Waals surface area contributed by atoms with Crippen LogP contribution in [0.2, 0.25) is 0 Å². The molecule has 1 aliphatic heterocycles. The lowest BCUT2D eigenvalue weighted by Gasteiger charge is -2.15. The summed E-state index contributed by atoms with van der Waals surface area (Å²) < 4.78 is 11.8. The van der Waals surface area contributed by atoms with Gasteiger partial charge in [0.05, 0.1) is 25.6 Å². The van der Waals surface area contributed by atoms with Crippen molar-refractivity contribution in [3.05, 3.63) is 57.7 Å². The molecule has 2 heterocycles. The molecule has 0 amide bonds. The fourth-order valence-electron chi connectivity index (χ4n) is 3.63. The van der Waals surface area contributed by atoms with E-state index in [1.54, 1.807) is 14.2 Å². The molecule has 4 nitrogen and oxygen atoms in total. The zero-order valence-electron chi connectivity index (χ0n) is 14.9. The predicted octanol–water partition coefficient (Wildman–Crippen LogP) is 4.93. The van der Waals surface area contributed by atoms with E-state index in [1.807, 2.05) is 12.1 Å². The number of hydrogen-bond donors (Lipinski definition) is 1.